The van der Waals surface area contributed by atoms with Crippen molar-refractivity contribution in [2.45, 2.75) is 5.37 Å². The van der Waals surface area contributed by atoms with E-state index in [1.54, 1.807) is 12.1 Å². The molecule has 0 spiro atoms. The van der Waals surface area contributed by atoms with Crippen LogP contribution in [0.15, 0.2) is 24.3 Å². The number of hydrogen-bond donors (Lipinski definition) is 2. The fourth-order valence-electron chi connectivity index (χ4n) is 1.40. The predicted octanol–water partition coefficient (Wildman–Crippen LogP) is 1.25. The van der Waals surface area contributed by atoms with Crippen LogP contribution >= 0.6 is 11.8 Å². The van der Waals surface area contributed by atoms with Gasteiger partial charge in [0.1, 0.15) is 5.37 Å². The number of amides is 1. The maximum absolute atomic E-state index is 11.0. The summed E-state index contributed by atoms with van der Waals surface area (Å²) in [4.78, 5) is 21.7. The fraction of sp³-hybridized carbons (Fsp3) is 0.200. The van der Waals surface area contributed by atoms with Crippen molar-refractivity contribution in [3.8, 4) is 0 Å². The largest absolute Gasteiger partial charge is 0.478 e. The van der Waals surface area contributed by atoms with E-state index in [0.717, 1.165) is 5.56 Å². The molecule has 0 saturated carbocycles. The minimum Gasteiger partial charge on any atom is -0.478 e. The Morgan fingerprint density at radius 1 is 1.53 bits per heavy atom. The lowest BCUT2D eigenvalue weighted by Gasteiger charge is -2.09. The number of hydrogen-bond acceptors (Lipinski definition) is 3. The zero-order valence-corrected chi connectivity index (χ0v) is 8.58. The molecule has 78 valence electrons. The summed E-state index contributed by atoms with van der Waals surface area (Å²) in [6.07, 6.45) is 0. The molecule has 1 aromatic rings. The van der Waals surface area contributed by atoms with Crippen molar-refractivity contribution in [3.63, 3.8) is 0 Å². The lowest BCUT2D eigenvalue weighted by molar-refractivity contribution is -0.118. The highest BCUT2D eigenvalue weighted by Gasteiger charge is 2.23. The number of carboxylic acids is 1. The van der Waals surface area contributed by atoms with Crippen LogP contribution in [0.2, 0.25) is 0 Å². The molecule has 0 aromatic heterocycles. The zero-order chi connectivity index (χ0) is 10.8. The molecule has 2 rings (SSSR count). The van der Waals surface area contributed by atoms with Gasteiger partial charge in [-0.05, 0) is 17.7 Å². The molecule has 1 aromatic carbocycles. The van der Waals surface area contributed by atoms with Crippen molar-refractivity contribution >= 4 is 23.6 Å². The van der Waals surface area contributed by atoms with E-state index in [1.165, 1.54) is 17.8 Å². The van der Waals surface area contributed by atoms with E-state index in [1.807, 2.05) is 6.07 Å². The Balaban J connectivity index is 2.25. The van der Waals surface area contributed by atoms with Gasteiger partial charge >= 0.3 is 5.97 Å². The summed E-state index contributed by atoms with van der Waals surface area (Å²) in [6.45, 7) is 0. The standard InChI is InChI=1S/C10H9NO3S/c12-8-5-15-9(11-8)6-2-1-3-7(4-6)10(13)14/h1-4,9H,5H2,(H,11,12)(H,13,14). The van der Waals surface area contributed by atoms with Gasteiger partial charge in [-0.25, -0.2) is 4.79 Å². The summed E-state index contributed by atoms with van der Waals surface area (Å²) in [6, 6.07) is 6.62. The number of aromatic carboxylic acids is 1. The molecule has 2 N–H and O–H groups in total. The van der Waals surface area contributed by atoms with E-state index in [2.05, 4.69) is 5.32 Å². The Kier molecular flexibility index (Phi) is 2.64. The lowest BCUT2D eigenvalue weighted by atomic mass is 10.1. The summed E-state index contributed by atoms with van der Waals surface area (Å²) in [5.74, 6) is -0.529. The summed E-state index contributed by atoms with van der Waals surface area (Å²) < 4.78 is 0. The number of carbonyl (C=O) groups excluding carboxylic acids is 1. The lowest BCUT2D eigenvalue weighted by Crippen LogP contribution is -2.19. The second-order valence-corrected chi connectivity index (χ2v) is 4.28. The molecule has 0 radical (unpaired) electrons. The molecular weight excluding hydrogens is 214 g/mol. The smallest absolute Gasteiger partial charge is 0.335 e. The van der Waals surface area contributed by atoms with Crippen LogP contribution in [0.1, 0.15) is 21.3 Å². The van der Waals surface area contributed by atoms with Crippen LogP contribution in [0.4, 0.5) is 0 Å². The molecule has 0 aliphatic carbocycles. The van der Waals surface area contributed by atoms with Gasteiger partial charge in [0, 0.05) is 0 Å². The molecule has 1 unspecified atom stereocenters. The van der Waals surface area contributed by atoms with E-state index in [4.69, 9.17) is 5.11 Å². The molecule has 1 aliphatic heterocycles. The number of rotatable bonds is 2. The topological polar surface area (TPSA) is 66.4 Å². The van der Waals surface area contributed by atoms with E-state index in [0.29, 0.717) is 5.75 Å². The maximum Gasteiger partial charge on any atom is 0.335 e. The van der Waals surface area contributed by atoms with Gasteiger partial charge in [-0.3, -0.25) is 4.79 Å². The Hall–Kier alpha value is -1.49. The van der Waals surface area contributed by atoms with Crippen molar-refractivity contribution < 1.29 is 14.7 Å². The predicted molar refractivity (Wildman–Crippen MR) is 56.7 cm³/mol. The van der Waals surface area contributed by atoms with Crippen LogP contribution in [0.25, 0.3) is 0 Å². The third kappa shape index (κ3) is 2.12. The molecule has 0 bridgehead atoms. The van der Waals surface area contributed by atoms with Crippen molar-refractivity contribution in [2.75, 3.05) is 5.75 Å². The third-order valence-corrected chi connectivity index (χ3v) is 3.26. The Bertz CT molecular complexity index is 419. The molecular formula is C10H9NO3S. The number of benzene rings is 1. The summed E-state index contributed by atoms with van der Waals surface area (Å²) in [5, 5.41) is 11.5. The van der Waals surface area contributed by atoms with E-state index in [-0.39, 0.29) is 16.8 Å². The number of carbonyl (C=O) groups is 2. The number of thioether (sulfide) groups is 1. The summed E-state index contributed by atoms with van der Waals surface area (Å²) in [7, 11) is 0. The molecule has 1 heterocycles. The quantitative estimate of drug-likeness (QED) is 0.791. The molecule has 1 fully saturated rings. The average molecular weight is 223 g/mol. The van der Waals surface area contributed by atoms with E-state index in [9.17, 15) is 9.59 Å². The third-order valence-electron chi connectivity index (χ3n) is 2.11. The fourth-order valence-corrected chi connectivity index (χ4v) is 2.36. The SMILES string of the molecule is O=C1CSC(c2cccc(C(=O)O)c2)N1. The monoisotopic (exact) mass is 223 g/mol. The minimum atomic E-state index is -0.953. The van der Waals surface area contributed by atoms with Crippen LogP contribution in [-0.4, -0.2) is 22.7 Å². The first kappa shape index (κ1) is 10.0. The van der Waals surface area contributed by atoms with Crippen LogP contribution in [0, 0.1) is 0 Å². The van der Waals surface area contributed by atoms with Crippen LogP contribution in [-0.2, 0) is 4.79 Å². The van der Waals surface area contributed by atoms with Crippen molar-refractivity contribution in [3.05, 3.63) is 35.4 Å². The van der Waals surface area contributed by atoms with Gasteiger partial charge in [0.2, 0.25) is 5.91 Å². The highest BCUT2D eigenvalue weighted by Crippen LogP contribution is 2.30. The molecule has 5 heteroatoms. The van der Waals surface area contributed by atoms with Crippen molar-refractivity contribution in [1.82, 2.24) is 5.32 Å². The normalized spacial score (nSPS) is 20.0. The Labute approximate surface area is 90.7 Å². The second kappa shape index (κ2) is 3.94. The van der Waals surface area contributed by atoms with Crippen LogP contribution in [0.3, 0.4) is 0 Å². The number of carboxylic acid groups (broad SMARTS) is 1. The van der Waals surface area contributed by atoms with Crippen molar-refractivity contribution in [1.29, 1.82) is 0 Å². The minimum absolute atomic E-state index is 0.00859. The van der Waals surface area contributed by atoms with Gasteiger partial charge in [0.15, 0.2) is 0 Å². The zero-order valence-electron chi connectivity index (χ0n) is 7.77. The van der Waals surface area contributed by atoms with Crippen LogP contribution in [0.5, 0.6) is 0 Å². The first-order chi connectivity index (χ1) is 7.16. The Morgan fingerprint density at radius 3 is 2.93 bits per heavy atom. The van der Waals surface area contributed by atoms with Crippen molar-refractivity contribution in [2.24, 2.45) is 0 Å². The number of nitrogens with one attached hydrogen (secondary N) is 1. The second-order valence-electron chi connectivity index (χ2n) is 3.19. The molecule has 1 amide bonds. The highest BCUT2D eigenvalue weighted by atomic mass is 32.2. The van der Waals surface area contributed by atoms with Gasteiger partial charge < -0.3 is 10.4 Å². The molecule has 4 nitrogen and oxygen atoms in total. The van der Waals surface area contributed by atoms with Gasteiger partial charge in [0.05, 0.1) is 11.3 Å². The molecule has 1 atom stereocenters. The Morgan fingerprint density at radius 2 is 2.33 bits per heavy atom. The first-order valence-electron chi connectivity index (χ1n) is 4.41. The maximum atomic E-state index is 11.0. The summed E-state index contributed by atoms with van der Waals surface area (Å²) >= 11 is 1.47. The summed E-state index contributed by atoms with van der Waals surface area (Å²) in [5.41, 5.74) is 1.07. The molecule has 1 aliphatic rings. The van der Waals surface area contributed by atoms with Gasteiger partial charge in [-0.2, -0.15) is 0 Å². The average Bonchev–Trinajstić information content (AvgIpc) is 2.65. The van der Waals surface area contributed by atoms with E-state index >= 15 is 0 Å². The van der Waals surface area contributed by atoms with Gasteiger partial charge in [-0.15, -0.1) is 11.8 Å². The van der Waals surface area contributed by atoms with E-state index < -0.39 is 5.97 Å². The first-order valence-corrected chi connectivity index (χ1v) is 5.46. The van der Waals surface area contributed by atoms with Gasteiger partial charge in [-0.1, -0.05) is 12.1 Å². The van der Waals surface area contributed by atoms with Crippen LogP contribution < -0.4 is 5.32 Å². The van der Waals surface area contributed by atoms with Gasteiger partial charge in [0.25, 0.3) is 0 Å². The molecule has 15 heavy (non-hydrogen) atoms. The molecule has 1 saturated heterocycles. The highest BCUT2D eigenvalue weighted by molar-refractivity contribution is 8.00.